The van der Waals surface area contributed by atoms with Crippen molar-refractivity contribution in [3.8, 4) is 0 Å². The number of imidazole rings is 1. The van der Waals surface area contributed by atoms with E-state index in [2.05, 4.69) is 25.8 Å². The van der Waals surface area contributed by atoms with Gasteiger partial charge in [-0.2, -0.15) is 10.2 Å². The minimum atomic E-state index is -2.80. The molecule has 2 N–H and O–H groups in total. The van der Waals surface area contributed by atoms with E-state index in [0.717, 1.165) is 12.8 Å². The molecule has 0 unspecified atom stereocenters. The number of nitrogens with zero attached hydrogens (tertiary/aromatic N) is 5. The van der Waals surface area contributed by atoms with Gasteiger partial charge in [0.05, 0.1) is 30.2 Å². The van der Waals surface area contributed by atoms with Crippen molar-refractivity contribution in [2.75, 3.05) is 0 Å². The van der Waals surface area contributed by atoms with Crippen molar-refractivity contribution in [2.24, 2.45) is 24.7 Å². The Hall–Kier alpha value is -3.51. The van der Waals surface area contributed by atoms with Crippen LogP contribution in [0.15, 0.2) is 30.7 Å². The Balaban J connectivity index is 1.24. The lowest BCUT2D eigenvalue weighted by atomic mass is 9.79. The summed E-state index contributed by atoms with van der Waals surface area (Å²) < 4.78 is 79.7. The summed E-state index contributed by atoms with van der Waals surface area (Å²) >= 11 is 0. The van der Waals surface area contributed by atoms with Gasteiger partial charge in [-0.15, -0.1) is 0 Å². The average molecular weight is 579 g/mol. The van der Waals surface area contributed by atoms with Crippen molar-refractivity contribution in [1.29, 1.82) is 0 Å². The number of alkyl halides is 4. The number of carbonyl (C=O) groups is 2. The zero-order chi connectivity index (χ0) is 31.4. The van der Waals surface area contributed by atoms with Crippen molar-refractivity contribution in [2.45, 2.75) is 81.7 Å². The number of carbonyl (C=O) groups excluding carboxylic acids is 2. The Morgan fingerprint density at radius 3 is 2.46 bits per heavy atom. The molecular formula is C28H33F4N7O2. The highest BCUT2D eigenvalue weighted by atomic mass is 19.3. The quantitative estimate of drug-likeness (QED) is 0.356. The molecule has 3 aliphatic carbocycles. The van der Waals surface area contributed by atoms with Crippen molar-refractivity contribution in [1.82, 2.24) is 35.0 Å². The fraction of sp³-hybridized carbons (Fsp3) is 0.607. The third-order valence-corrected chi connectivity index (χ3v) is 8.49. The third-order valence-electron chi connectivity index (χ3n) is 8.49. The molecule has 3 aromatic heterocycles. The van der Waals surface area contributed by atoms with Gasteiger partial charge in [0.2, 0.25) is 17.8 Å². The first kappa shape index (κ1) is 24.1. The van der Waals surface area contributed by atoms with Gasteiger partial charge in [0, 0.05) is 49.4 Å². The number of halogens is 4. The molecule has 3 fully saturated rings. The van der Waals surface area contributed by atoms with E-state index in [0.29, 0.717) is 21.6 Å². The maximum atomic E-state index is 14.0. The highest BCUT2D eigenvalue weighted by Crippen LogP contribution is 2.45. The molecular weight excluding hydrogens is 542 g/mol. The normalized spacial score (nSPS) is 23.6. The Bertz CT molecular complexity index is 1540. The first-order valence-electron chi connectivity index (χ1n) is 15.4. The number of fused-ring (bicyclic) bond motifs is 1. The average Bonchev–Trinajstić information content (AvgIpc) is 3.46. The van der Waals surface area contributed by atoms with Crippen LogP contribution in [0.25, 0.3) is 5.65 Å². The Morgan fingerprint density at radius 2 is 1.78 bits per heavy atom. The van der Waals surface area contributed by atoms with Crippen LogP contribution in [0.3, 0.4) is 0 Å². The number of hydrogen-bond donors (Lipinski definition) is 2. The zero-order valence-electron chi connectivity index (χ0n) is 25.2. The topological polar surface area (TPSA) is 106 Å². The van der Waals surface area contributed by atoms with Gasteiger partial charge in [0.25, 0.3) is 5.91 Å². The molecule has 6 rings (SSSR count). The molecule has 0 saturated heterocycles. The Labute approximate surface area is 238 Å². The molecule has 220 valence electrons. The van der Waals surface area contributed by atoms with E-state index in [1.807, 2.05) is 0 Å². The summed E-state index contributed by atoms with van der Waals surface area (Å²) in [5.74, 6) is -7.08. The van der Waals surface area contributed by atoms with E-state index in [1.165, 1.54) is 16.8 Å². The molecule has 0 spiro atoms. The summed E-state index contributed by atoms with van der Waals surface area (Å²) in [6.07, 6.45) is 5.17. The fourth-order valence-electron chi connectivity index (χ4n) is 6.08. The number of aryl methyl sites for hydroxylation is 1. The second-order valence-corrected chi connectivity index (χ2v) is 11.7. The summed E-state index contributed by atoms with van der Waals surface area (Å²) in [6.45, 7) is -2.70. The Kier molecular flexibility index (Phi) is 6.12. The number of hydrogen-bond acceptors (Lipinski definition) is 5. The van der Waals surface area contributed by atoms with Crippen LogP contribution in [0.5, 0.6) is 0 Å². The van der Waals surface area contributed by atoms with Crippen LogP contribution in [-0.2, 0) is 11.8 Å². The maximum absolute atomic E-state index is 14.0. The fourth-order valence-corrected chi connectivity index (χ4v) is 6.08. The van der Waals surface area contributed by atoms with Gasteiger partial charge in [0.15, 0.2) is 5.65 Å². The van der Waals surface area contributed by atoms with E-state index >= 15 is 0 Å². The molecule has 9 nitrogen and oxygen atoms in total. The van der Waals surface area contributed by atoms with Crippen LogP contribution >= 0.6 is 0 Å². The SMILES string of the molecule is [2H]C([2H])([2H])n1nccc1C(=O)N[C@H](c1cn2ncc([C@H](NC(=O)CC3CC(F)(F)C3)C3CC3)cc2n1)C1CCC(F)(F)CC1. The van der Waals surface area contributed by atoms with Crippen molar-refractivity contribution in [3.63, 3.8) is 0 Å². The molecule has 0 bridgehead atoms. The molecule has 0 radical (unpaired) electrons. The zero-order valence-corrected chi connectivity index (χ0v) is 22.2. The van der Waals surface area contributed by atoms with Crippen LogP contribution in [-0.4, -0.2) is 48.0 Å². The van der Waals surface area contributed by atoms with Crippen LogP contribution < -0.4 is 10.6 Å². The maximum Gasteiger partial charge on any atom is 0.270 e. The second kappa shape index (κ2) is 10.4. The summed E-state index contributed by atoms with van der Waals surface area (Å²) in [6, 6.07) is 1.85. The van der Waals surface area contributed by atoms with Gasteiger partial charge in [-0.05, 0) is 61.1 Å². The molecule has 2 atom stereocenters. The molecule has 3 aliphatic rings. The molecule has 3 aromatic rings. The predicted octanol–water partition coefficient (Wildman–Crippen LogP) is 4.76. The smallest absolute Gasteiger partial charge is 0.270 e. The van der Waals surface area contributed by atoms with Crippen LogP contribution in [0.1, 0.15) is 95.7 Å². The predicted molar refractivity (Wildman–Crippen MR) is 139 cm³/mol. The van der Waals surface area contributed by atoms with Gasteiger partial charge in [0.1, 0.15) is 5.69 Å². The van der Waals surface area contributed by atoms with E-state index in [-0.39, 0.29) is 74.4 Å². The minimum absolute atomic E-state index is 0.0322. The monoisotopic (exact) mass is 578 g/mol. The molecule has 0 aromatic carbocycles. The van der Waals surface area contributed by atoms with Crippen LogP contribution in [0, 0.1) is 17.8 Å². The summed E-state index contributed by atoms with van der Waals surface area (Å²) in [7, 11) is 0. The largest absolute Gasteiger partial charge is 0.349 e. The molecule has 2 amide bonds. The Morgan fingerprint density at radius 1 is 1.05 bits per heavy atom. The van der Waals surface area contributed by atoms with Crippen molar-refractivity contribution in [3.05, 3.63) is 47.7 Å². The number of amides is 2. The summed E-state index contributed by atoms with van der Waals surface area (Å²) in [5, 5.41) is 14.0. The first-order chi connectivity index (χ1) is 20.7. The molecule has 41 heavy (non-hydrogen) atoms. The molecule has 3 heterocycles. The van der Waals surface area contributed by atoms with Gasteiger partial charge in [-0.25, -0.2) is 27.1 Å². The van der Waals surface area contributed by atoms with E-state index in [9.17, 15) is 27.2 Å². The van der Waals surface area contributed by atoms with E-state index in [4.69, 9.17) is 4.11 Å². The van der Waals surface area contributed by atoms with Gasteiger partial charge < -0.3 is 10.6 Å². The molecule has 13 heteroatoms. The standard InChI is InChI=1S/C28H33F4N7O2/c1-38-21(6-9-33-38)26(41)37-25(18-4-7-27(29,30)8-5-18)20-15-39-22(35-20)11-19(14-34-39)24(17-2-3-17)36-23(40)10-16-12-28(31,32)13-16/h6,9,11,14-18,24-25H,2-5,7-8,10,12-13H2,1H3,(H,36,40)(H,37,41)/t24-,25+/m1/s1/i1D3. The van der Waals surface area contributed by atoms with E-state index < -0.39 is 36.7 Å². The second-order valence-electron chi connectivity index (χ2n) is 11.7. The summed E-state index contributed by atoms with van der Waals surface area (Å²) in [4.78, 5) is 30.7. The lowest BCUT2D eigenvalue weighted by Crippen LogP contribution is -2.39. The van der Waals surface area contributed by atoms with Crippen molar-refractivity contribution >= 4 is 17.5 Å². The van der Waals surface area contributed by atoms with Crippen LogP contribution in [0.2, 0.25) is 0 Å². The van der Waals surface area contributed by atoms with E-state index in [1.54, 1.807) is 18.5 Å². The lowest BCUT2D eigenvalue weighted by molar-refractivity contribution is -0.134. The van der Waals surface area contributed by atoms with Gasteiger partial charge in [-0.1, -0.05) is 0 Å². The highest BCUT2D eigenvalue weighted by molar-refractivity contribution is 5.92. The molecule has 3 saturated carbocycles. The van der Waals surface area contributed by atoms with Crippen LogP contribution in [0.4, 0.5) is 17.6 Å². The van der Waals surface area contributed by atoms with Crippen molar-refractivity contribution < 1.29 is 31.3 Å². The lowest BCUT2D eigenvalue weighted by Gasteiger charge is -2.34. The minimum Gasteiger partial charge on any atom is -0.349 e. The first-order valence-corrected chi connectivity index (χ1v) is 13.9. The molecule has 0 aliphatic heterocycles. The number of rotatable bonds is 9. The highest BCUT2D eigenvalue weighted by Gasteiger charge is 2.46. The summed E-state index contributed by atoms with van der Waals surface area (Å²) in [5.41, 5.74) is 1.28. The van der Waals surface area contributed by atoms with Gasteiger partial charge >= 0.3 is 0 Å². The number of nitrogens with one attached hydrogen (secondary N) is 2. The third kappa shape index (κ3) is 6.08. The van der Waals surface area contributed by atoms with Gasteiger partial charge in [-0.3, -0.25) is 14.3 Å². The number of aromatic nitrogens is 5.